The van der Waals surface area contributed by atoms with Crippen molar-refractivity contribution in [3.63, 3.8) is 0 Å². The predicted molar refractivity (Wildman–Crippen MR) is 11.5 cm³/mol. The van der Waals surface area contributed by atoms with E-state index in [1.54, 1.807) is 0 Å². The van der Waals surface area contributed by atoms with E-state index in [0.29, 0.717) is 0 Å². The Morgan fingerprint density at radius 2 is 0.800 bits per heavy atom. The zero-order valence-corrected chi connectivity index (χ0v) is 5.61. The average molecular weight is 96.2 g/mol. The van der Waals surface area contributed by atoms with E-state index in [9.17, 15) is 0 Å². The standard InChI is InChI=1S/Al.2FH.Li.Mg/h;2*1H;;/q+3;;;+1;+2/p-2. The van der Waals surface area contributed by atoms with Gasteiger partial charge in [0.05, 0.1) is 0 Å². The van der Waals surface area contributed by atoms with Gasteiger partial charge in [-0.25, -0.2) is 0 Å². The topological polar surface area (TPSA) is 0 Å². The maximum atomic E-state index is 0. The van der Waals surface area contributed by atoms with Gasteiger partial charge in [0, 0.05) is 0 Å². The maximum absolute atomic E-state index is 0. The fourth-order valence-corrected chi connectivity index (χ4v) is 0. The molecule has 0 N–H and O–H groups in total. The van der Waals surface area contributed by atoms with E-state index in [4.69, 9.17) is 0 Å². The van der Waals surface area contributed by atoms with Crippen LogP contribution in [-0.4, -0.2) is 40.4 Å². The van der Waals surface area contributed by atoms with Gasteiger partial charge < -0.3 is 9.41 Å². The summed E-state index contributed by atoms with van der Waals surface area (Å²) in [6, 6.07) is 0. The fraction of sp³-hybridized carbons (Fsp3) is 0. The Hall–Kier alpha value is 1.76. The second-order valence-electron chi connectivity index (χ2n) is 0. The summed E-state index contributed by atoms with van der Waals surface area (Å²) in [7, 11) is 0. The van der Waals surface area contributed by atoms with Gasteiger partial charge in [-0.1, -0.05) is 0 Å². The van der Waals surface area contributed by atoms with E-state index in [2.05, 4.69) is 0 Å². The van der Waals surface area contributed by atoms with Crippen LogP contribution < -0.4 is 28.3 Å². The van der Waals surface area contributed by atoms with Crippen molar-refractivity contribution in [2.24, 2.45) is 0 Å². The van der Waals surface area contributed by atoms with Gasteiger partial charge in [0.2, 0.25) is 0 Å². The SMILES string of the molecule is [Al+3].[F-].[F-].[Li+].[Mg+2]. The Morgan fingerprint density at radius 3 is 0.800 bits per heavy atom. The van der Waals surface area contributed by atoms with Crippen molar-refractivity contribution in [2.45, 2.75) is 0 Å². The summed E-state index contributed by atoms with van der Waals surface area (Å²) in [5, 5.41) is 0. The summed E-state index contributed by atoms with van der Waals surface area (Å²) in [4.78, 5) is 0. The minimum absolute atomic E-state index is 0. The van der Waals surface area contributed by atoms with E-state index in [1.807, 2.05) is 0 Å². The molecule has 0 aliphatic rings. The summed E-state index contributed by atoms with van der Waals surface area (Å²) in [5.74, 6) is 0. The fourth-order valence-electron chi connectivity index (χ4n) is 0. The molecule has 5 heteroatoms. The molecule has 0 fully saturated rings. The summed E-state index contributed by atoms with van der Waals surface area (Å²) in [6.07, 6.45) is 0. The number of rotatable bonds is 0. The van der Waals surface area contributed by atoms with Gasteiger partial charge in [0.25, 0.3) is 0 Å². The van der Waals surface area contributed by atoms with Crippen molar-refractivity contribution in [1.29, 1.82) is 0 Å². The third-order valence-corrected chi connectivity index (χ3v) is 0. The molecule has 0 aromatic heterocycles. The molecule has 0 rings (SSSR count). The molecule has 0 aliphatic heterocycles. The molecule has 0 nitrogen and oxygen atoms in total. The number of hydrogen-bond donors (Lipinski definition) is 0. The third-order valence-electron chi connectivity index (χ3n) is 0. The van der Waals surface area contributed by atoms with E-state index in [-0.39, 0.29) is 68.7 Å². The van der Waals surface area contributed by atoms with Crippen LogP contribution in [0.4, 0.5) is 0 Å². The first-order chi connectivity index (χ1) is 0. The van der Waals surface area contributed by atoms with Crippen molar-refractivity contribution >= 4 is 40.4 Å². The smallest absolute Gasteiger partial charge is 1.00 e. The molecular formula is AlF2LiMg+4. The van der Waals surface area contributed by atoms with Crippen molar-refractivity contribution in [2.75, 3.05) is 0 Å². The first kappa shape index (κ1) is 72.6. The second-order valence-corrected chi connectivity index (χ2v) is 0. The quantitative estimate of drug-likeness (QED) is 0.263. The molecule has 0 bridgehead atoms. The van der Waals surface area contributed by atoms with Gasteiger partial charge in [0.1, 0.15) is 0 Å². The molecule has 0 aromatic carbocycles. The average Bonchev–Trinajstić information content (AvgIpc) is 0. The summed E-state index contributed by atoms with van der Waals surface area (Å²) in [5.41, 5.74) is 0. The monoisotopic (exact) mass is 96.0 g/mol. The second kappa shape index (κ2) is 42.2. The molecule has 5 heavy (non-hydrogen) atoms. The molecule has 0 unspecified atom stereocenters. The first-order valence-corrected chi connectivity index (χ1v) is 0. The summed E-state index contributed by atoms with van der Waals surface area (Å²) < 4.78 is 0. The molecule has 0 saturated heterocycles. The zero-order chi connectivity index (χ0) is 0. The molecule has 0 aromatic rings. The maximum Gasteiger partial charge on any atom is 3.00 e. The van der Waals surface area contributed by atoms with Gasteiger partial charge in [-0.2, -0.15) is 0 Å². The largest absolute Gasteiger partial charge is 3.00 e. The predicted octanol–water partition coefficient (Wildman–Crippen LogP) is -9.75. The van der Waals surface area contributed by atoms with Crippen LogP contribution in [0.1, 0.15) is 0 Å². The van der Waals surface area contributed by atoms with Crippen LogP contribution in [0.15, 0.2) is 0 Å². The Morgan fingerprint density at radius 1 is 0.800 bits per heavy atom. The molecule has 0 atom stereocenters. The number of hydrogen-bond acceptors (Lipinski definition) is 0. The summed E-state index contributed by atoms with van der Waals surface area (Å²) in [6.45, 7) is 0. The van der Waals surface area contributed by atoms with Crippen molar-refractivity contribution in [3.8, 4) is 0 Å². The van der Waals surface area contributed by atoms with Crippen molar-refractivity contribution < 1.29 is 28.3 Å². The Labute approximate surface area is 68.3 Å². The van der Waals surface area contributed by atoms with Crippen LogP contribution in [0.2, 0.25) is 0 Å². The minimum atomic E-state index is 0. The molecule has 0 aliphatic carbocycles. The van der Waals surface area contributed by atoms with E-state index < -0.39 is 0 Å². The summed E-state index contributed by atoms with van der Waals surface area (Å²) >= 11 is 0. The number of halogens is 2. The van der Waals surface area contributed by atoms with Crippen LogP contribution in [0.25, 0.3) is 0 Å². The molecule has 0 radical (unpaired) electrons. The van der Waals surface area contributed by atoms with Gasteiger partial charge in [0.15, 0.2) is 0 Å². The zero-order valence-electron chi connectivity index (χ0n) is 3.04. The molecule has 16 valence electrons. The van der Waals surface area contributed by atoms with E-state index in [0.717, 1.165) is 0 Å². The Bertz CT molecular complexity index is 9.61. The van der Waals surface area contributed by atoms with Crippen LogP contribution >= 0.6 is 0 Å². The molecular weight excluding hydrogens is 96.2 g/mol. The van der Waals surface area contributed by atoms with Crippen LogP contribution in [0.5, 0.6) is 0 Å². The van der Waals surface area contributed by atoms with Crippen LogP contribution in [-0.2, 0) is 0 Å². The van der Waals surface area contributed by atoms with Crippen LogP contribution in [0, 0.1) is 0 Å². The van der Waals surface area contributed by atoms with Crippen molar-refractivity contribution in [3.05, 3.63) is 0 Å². The Balaban J connectivity index is 0. The van der Waals surface area contributed by atoms with E-state index in [1.165, 1.54) is 0 Å². The van der Waals surface area contributed by atoms with Gasteiger partial charge in [-0.15, -0.1) is 0 Å². The molecule has 0 heterocycles. The van der Waals surface area contributed by atoms with Crippen molar-refractivity contribution in [1.82, 2.24) is 0 Å². The van der Waals surface area contributed by atoms with Gasteiger partial charge in [-0.05, 0) is 0 Å². The molecule has 0 amide bonds. The molecule has 0 saturated carbocycles. The first-order valence-electron chi connectivity index (χ1n) is 0. The third kappa shape index (κ3) is 26.3. The van der Waals surface area contributed by atoms with Crippen LogP contribution in [0.3, 0.4) is 0 Å². The normalized spacial score (nSPS) is 0. The van der Waals surface area contributed by atoms with Gasteiger partial charge in [-0.3, -0.25) is 0 Å². The Kier molecular flexibility index (Phi) is 613. The molecule has 0 spiro atoms. The minimum Gasteiger partial charge on any atom is -1.00 e. The van der Waals surface area contributed by atoms with E-state index >= 15 is 0 Å². The van der Waals surface area contributed by atoms with Gasteiger partial charge >= 0.3 is 59.3 Å².